The van der Waals surface area contributed by atoms with E-state index in [0.29, 0.717) is 0 Å². The van der Waals surface area contributed by atoms with E-state index in [2.05, 4.69) is 25.9 Å². The molecule has 0 unspecified atom stereocenters. The van der Waals surface area contributed by atoms with E-state index in [1.807, 2.05) is 0 Å². The Hall–Kier alpha value is -2.16. The molecular formula is C10H5BrF2N4O2. The Balaban J connectivity index is 2.84. The normalized spacial score (nSPS) is 10.5. The van der Waals surface area contributed by atoms with Gasteiger partial charge in [-0.1, -0.05) is 0 Å². The average molecular weight is 331 g/mol. The van der Waals surface area contributed by atoms with Gasteiger partial charge in [0.05, 0.1) is 15.0 Å². The lowest BCUT2D eigenvalue weighted by Gasteiger charge is -2.07. The van der Waals surface area contributed by atoms with E-state index in [-0.39, 0.29) is 4.47 Å². The smallest absolute Gasteiger partial charge is 0.337 e. The third kappa shape index (κ3) is 2.24. The van der Waals surface area contributed by atoms with Gasteiger partial charge in [0.2, 0.25) is 5.82 Å². The van der Waals surface area contributed by atoms with Crippen molar-refractivity contribution in [3.05, 3.63) is 44.7 Å². The van der Waals surface area contributed by atoms with Crippen molar-refractivity contribution in [1.82, 2.24) is 9.97 Å². The van der Waals surface area contributed by atoms with Gasteiger partial charge in [0.15, 0.2) is 5.69 Å². The lowest BCUT2D eigenvalue weighted by molar-refractivity contribution is -0.383. The van der Waals surface area contributed by atoms with E-state index in [0.717, 1.165) is 18.5 Å². The fraction of sp³-hybridized carbons (Fsp3) is 0. The Labute approximate surface area is 113 Å². The van der Waals surface area contributed by atoms with Gasteiger partial charge in [0, 0.05) is 0 Å². The topological polar surface area (TPSA) is 94.9 Å². The molecule has 98 valence electrons. The van der Waals surface area contributed by atoms with Crippen LogP contribution in [0.5, 0.6) is 0 Å². The molecule has 1 aromatic heterocycles. The number of hydrogen-bond donors (Lipinski definition) is 1. The Bertz CT molecular complexity index is 681. The first-order valence-electron chi connectivity index (χ1n) is 4.82. The highest BCUT2D eigenvalue weighted by Gasteiger charge is 2.27. The van der Waals surface area contributed by atoms with Crippen LogP contribution in [0.3, 0.4) is 0 Å². The Morgan fingerprint density at radius 1 is 1.32 bits per heavy atom. The molecule has 0 fully saturated rings. The maximum atomic E-state index is 13.9. The first-order valence-corrected chi connectivity index (χ1v) is 5.61. The first kappa shape index (κ1) is 13.3. The number of nitrogen functional groups attached to an aromatic ring is 1. The number of aromatic nitrogens is 2. The van der Waals surface area contributed by atoms with Crippen molar-refractivity contribution in [2.24, 2.45) is 0 Å². The molecule has 0 aliphatic carbocycles. The van der Waals surface area contributed by atoms with Crippen molar-refractivity contribution >= 4 is 27.4 Å². The molecule has 2 aromatic rings. The minimum absolute atomic E-state index is 0.0459. The van der Waals surface area contributed by atoms with E-state index >= 15 is 0 Å². The largest absolute Gasteiger partial charge is 0.378 e. The predicted molar refractivity (Wildman–Crippen MR) is 66.2 cm³/mol. The highest BCUT2D eigenvalue weighted by Crippen LogP contribution is 2.36. The summed E-state index contributed by atoms with van der Waals surface area (Å²) in [6.07, 6.45) is 0.900. The first-order chi connectivity index (χ1) is 8.93. The van der Waals surface area contributed by atoms with Gasteiger partial charge in [-0.05, 0) is 28.1 Å². The highest BCUT2D eigenvalue weighted by atomic mass is 79.9. The molecule has 1 heterocycles. The molecule has 0 bridgehead atoms. The quantitative estimate of drug-likeness (QED) is 0.519. The fourth-order valence-electron chi connectivity index (χ4n) is 1.50. The van der Waals surface area contributed by atoms with Crippen LogP contribution in [-0.4, -0.2) is 14.9 Å². The van der Waals surface area contributed by atoms with Crippen LogP contribution in [0, 0.1) is 21.7 Å². The molecule has 0 amide bonds. The summed E-state index contributed by atoms with van der Waals surface area (Å²) in [6.45, 7) is 0. The number of halogens is 3. The number of benzene rings is 1. The number of nitro groups is 1. The molecule has 2 rings (SSSR count). The third-order valence-electron chi connectivity index (χ3n) is 2.31. The third-order valence-corrected chi connectivity index (χ3v) is 2.93. The van der Waals surface area contributed by atoms with Gasteiger partial charge in [0.25, 0.3) is 0 Å². The van der Waals surface area contributed by atoms with Gasteiger partial charge in [-0.15, -0.1) is 0 Å². The van der Waals surface area contributed by atoms with Crippen molar-refractivity contribution in [1.29, 1.82) is 0 Å². The standard InChI is InChI=1S/C10H5BrF2N4O2/c11-4-1-2-5(12)6(7(4)13)8-9(17(18)19)10(14)16-3-15-8/h1-3H,(H2,14,15,16). The van der Waals surface area contributed by atoms with Gasteiger partial charge in [-0.2, -0.15) is 0 Å². The maximum absolute atomic E-state index is 13.9. The zero-order chi connectivity index (χ0) is 14.2. The SMILES string of the molecule is Nc1ncnc(-c2c(F)ccc(Br)c2F)c1[N+](=O)[O-]. The molecule has 0 saturated heterocycles. The summed E-state index contributed by atoms with van der Waals surface area (Å²) in [7, 11) is 0. The molecule has 2 N–H and O–H groups in total. The number of hydrogen-bond acceptors (Lipinski definition) is 5. The van der Waals surface area contributed by atoms with Crippen molar-refractivity contribution in [2.75, 3.05) is 5.73 Å². The Kier molecular flexibility index (Phi) is 3.38. The summed E-state index contributed by atoms with van der Waals surface area (Å²) in [5, 5.41) is 10.9. The van der Waals surface area contributed by atoms with Crippen molar-refractivity contribution in [2.45, 2.75) is 0 Å². The van der Waals surface area contributed by atoms with Crippen molar-refractivity contribution in [3.8, 4) is 11.3 Å². The van der Waals surface area contributed by atoms with Crippen LogP contribution in [0.1, 0.15) is 0 Å². The zero-order valence-electron chi connectivity index (χ0n) is 9.10. The Morgan fingerprint density at radius 3 is 2.63 bits per heavy atom. The summed E-state index contributed by atoms with van der Waals surface area (Å²) in [6, 6.07) is 2.11. The zero-order valence-corrected chi connectivity index (χ0v) is 10.7. The summed E-state index contributed by atoms with van der Waals surface area (Å²) in [5.74, 6) is -2.45. The highest BCUT2D eigenvalue weighted by molar-refractivity contribution is 9.10. The van der Waals surface area contributed by atoms with Crippen LogP contribution in [0.25, 0.3) is 11.3 Å². The summed E-state index contributed by atoms with van der Waals surface area (Å²) in [5.41, 5.74) is 3.48. The van der Waals surface area contributed by atoms with Crippen LogP contribution in [0.15, 0.2) is 22.9 Å². The van der Waals surface area contributed by atoms with E-state index in [4.69, 9.17) is 5.73 Å². The number of rotatable bonds is 2. The molecule has 6 nitrogen and oxygen atoms in total. The van der Waals surface area contributed by atoms with Gasteiger partial charge in [-0.3, -0.25) is 10.1 Å². The molecule has 9 heteroatoms. The number of anilines is 1. The molecule has 0 radical (unpaired) electrons. The van der Waals surface area contributed by atoms with Crippen LogP contribution in [-0.2, 0) is 0 Å². The van der Waals surface area contributed by atoms with Gasteiger partial charge in [-0.25, -0.2) is 18.7 Å². The Morgan fingerprint density at radius 2 is 2.00 bits per heavy atom. The van der Waals surface area contributed by atoms with E-state index in [1.165, 1.54) is 0 Å². The molecule has 0 spiro atoms. The summed E-state index contributed by atoms with van der Waals surface area (Å²) >= 11 is 2.87. The second kappa shape index (κ2) is 4.84. The second-order valence-corrected chi connectivity index (χ2v) is 4.29. The van der Waals surface area contributed by atoms with E-state index in [9.17, 15) is 18.9 Å². The molecule has 0 atom stereocenters. The van der Waals surface area contributed by atoms with Crippen LogP contribution >= 0.6 is 15.9 Å². The molecule has 19 heavy (non-hydrogen) atoms. The number of nitrogens with two attached hydrogens (primary N) is 1. The fourth-order valence-corrected chi connectivity index (χ4v) is 1.83. The molecule has 0 saturated carbocycles. The second-order valence-electron chi connectivity index (χ2n) is 3.43. The van der Waals surface area contributed by atoms with Crippen LogP contribution in [0.4, 0.5) is 20.3 Å². The minimum atomic E-state index is -0.999. The summed E-state index contributed by atoms with van der Waals surface area (Å²) in [4.78, 5) is 17.0. The monoisotopic (exact) mass is 330 g/mol. The van der Waals surface area contributed by atoms with Gasteiger partial charge < -0.3 is 5.73 Å². The predicted octanol–water partition coefficient (Wildman–Crippen LogP) is 2.67. The van der Waals surface area contributed by atoms with Gasteiger partial charge >= 0.3 is 5.69 Å². The lowest BCUT2D eigenvalue weighted by Crippen LogP contribution is -2.04. The van der Waals surface area contributed by atoms with E-state index in [1.54, 1.807) is 0 Å². The molecular weight excluding hydrogens is 326 g/mol. The molecule has 0 aliphatic heterocycles. The molecule has 0 aliphatic rings. The van der Waals surface area contributed by atoms with E-state index < -0.39 is 39.3 Å². The average Bonchev–Trinajstić information content (AvgIpc) is 2.34. The minimum Gasteiger partial charge on any atom is -0.378 e. The van der Waals surface area contributed by atoms with Crippen molar-refractivity contribution in [3.63, 3.8) is 0 Å². The van der Waals surface area contributed by atoms with Crippen LogP contribution < -0.4 is 5.73 Å². The molecule has 1 aromatic carbocycles. The maximum Gasteiger partial charge on any atom is 0.337 e. The lowest BCUT2D eigenvalue weighted by atomic mass is 10.1. The van der Waals surface area contributed by atoms with Crippen LogP contribution in [0.2, 0.25) is 0 Å². The summed E-state index contributed by atoms with van der Waals surface area (Å²) < 4.78 is 27.6. The number of nitrogens with zero attached hydrogens (tertiary/aromatic N) is 3. The van der Waals surface area contributed by atoms with Crippen molar-refractivity contribution < 1.29 is 13.7 Å². The van der Waals surface area contributed by atoms with Gasteiger partial charge in [0.1, 0.15) is 18.0 Å².